The molecule has 0 bridgehead atoms. The molecule has 0 spiro atoms. The summed E-state index contributed by atoms with van der Waals surface area (Å²) in [4.78, 5) is 0. The molecule has 1 aliphatic rings. The van der Waals surface area contributed by atoms with Gasteiger partial charge in [-0.1, -0.05) is 6.07 Å². The van der Waals surface area contributed by atoms with Crippen LogP contribution in [0.15, 0.2) is 18.2 Å². The molecule has 1 aromatic carbocycles. The Labute approximate surface area is 98.0 Å². The highest BCUT2D eigenvalue weighted by Gasteiger charge is 2.29. The lowest BCUT2D eigenvalue weighted by atomic mass is 10.0. The fraction of sp³-hybridized carbons (Fsp3) is 0.417. The molecule has 0 aliphatic carbocycles. The minimum atomic E-state index is -0.878. The number of nitriles is 1. The Morgan fingerprint density at radius 2 is 2.24 bits per heavy atom. The van der Waals surface area contributed by atoms with E-state index in [0.717, 1.165) is 18.6 Å². The Morgan fingerprint density at radius 3 is 2.94 bits per heavy atom. The van der Waals surface area contributed by atoms with Gasteiger partial charge in [-0.3, -0.25) is 5.32 Å². The Hall–Kier alpha value is -1.51. The first-order valence-corrected chi connectivity index (χ1v) is 5.39. The van der Waals surface area contributed by atoms with E-state index in [1.54, 1.807) is 0 Å². The van der Waals surface area contributed by atoms with Crippen LogP contribution in [-0.2, 0) is 4.74 Å². The quantitative estimate of drug-likeness (QED) is 0.818. The van der Waals surface area contributed by atoms with Crippen molar-refractivity contribution in [2.45, 2.75) is 18.6 Å². The van der Waals surface area contributed by atoms with Crippen molar-refractivity contribution in [1.82, 2.24) is 5.32 Å². The Kier molecular flexibility index (Phi) is 3.67. The molecule has 0 unspecified atom stereocenters. The molecule has 2 rings (SSSR count). The molecule has 0 aromatic heterocycles. The number of ether oxygens (including phenoxy) is 1. The minimum Gasteiger partial charge on any atom is -0.372 e. The first-order chi connectivity index (χ1) is 8.22. The Bertz CT molecular complexity index is 445. The maximum atomic E-state index is 13.1. The van der Waals surface area contributed by atoms with Crippen LogP contribution in [0.25, 0.3) is 0 Å². The van der Waals surface area contributed by atoms with Gasteiger partial charge in [-0.25, -0.2) is 8.78 Å². The van der Waals surface area contributed by atoms with Crippen LogP contribution in [0.4, 0.5) is 8.78 Å². The van der Waals surface area contributed by atoms with E-state index in [1.807, 2.05) is 6.07 Å². The summed E-state index contributed by atoms with van der Waals surface area (Å²) >= 11 is 0. The van der Waals surface area contributed by atoms with Crippen molar-refractivity contribution in [3.05, 3.63) is 35.4 Å². The lowest BCUT2D eigenvalue weighted by Crippen LogP contribution is -2.31. The third kappa shape index (κ3) is 2.60. The number of nitrogens with zero attached hydrogens (tertiary/aromatic N) is 1. The van der Waals surface area contributed by atoms with Crippen LogP contribution in [0.2, 0.25) is 0 Å². The zero-order valence-electron chi connectivity index (χ0n) is 9.12. The molecule has 90 valence electrons. The molecule has 1 heterocycles. The number of hydrogen-bond donors (Lipinski definition) is 1. The molecule has 1 aliphatic heterocycles. The van der Waals surface area contributed by atoms with E-state index in [2.05, 4.69) is 5.32 Å². The van der Waals surface area contributed by atoms with E-state index in [4.69, 9.17) is 10.00 Å². The largest absolute Gasteiger partial charge is 0.372 e. The molecule has 5 heteroatoms. The van der Waals surface area contributed by atoms with Crippen LogP contribution in [0.5, 0.6) is 0 Å². The Balaban J connectivity index is 2.15. The van der Waals surface area contributed by atoms with Crippen LogP contribution < -0.4 is 5.32 Å². The van der Waals surface area contributed by atoms with Crippen LogP contribution in [-0.4, -0.2) is 19.2 Å². The Morgan fingerprint density at radius 1 is 1.41 bits per heavy atom. The standard InChI is InChI=1S/C12H12F2N2O/c13-9-2-1-8(7-10(9)14)12-11(3-6-17-12)16-5-4-15/h1-2,7,11-12,16H,3,5-6H2/t11-,12+/m1/s1. The molecule has 0 amide bonds. The van der Waals surface area contributed by atoms with Crippen LogP contribution >= 0.6 is 0 Å². The maximum absolute atomic E-state index is 13.1. The van der Waals surface area contributed by atoms with Crippen molar-refractivity contribution in [2.75, 3.05) is 13.2 Å². The molecular weight excluding hydrogens is 226 g/mol. The van der Waals surface area contributed by atoms with Gasteiger partial charge in [-0.2, -0.15) is 5.26 Å². The molecule has 3 nitrogen and oxygen atoms in total. The lowest BCUT2D eigenvalue weighted by Gasteiger charge is -2.19. The highest BCUT2D eigenvalue weighted by Crippen LogP contribution is 2.29. The van der Waals surface area contributed by atoms with Gasteiger partial charge < -0.3 is 4.74 Å². The SMILES string of the molecule is N#CCN[C@@H]1CCO[C@H]1c1ccc(F)c(F)c1. The summed E-state index contributed by atoms with van der Waals surface area (Å²) < 4.78 is 31.4. The van der Waals surface area contributed by atoms with Gasteiger partial charge in [0, 0.05) is 12.6 Å². The summed E-state index contributed by atoms with van der Waals surface area (Å²) in [6.07, 6.45) is 0.434. The normalized spacial score (nSPS) is 23.6. The molecule has 1 N–H and O–H groups in total. The fourth-order valence-corrected chi connectivity index (χ4v) is 1.99. The topological polar surface area (TPSA) is 45.0 Å². The van der Waals surface area contributed by atoms with Gasteiger partial charge in [0.15, 0.2) is 11.6 Å². The first kappa shape index (κ1) is 12.0. The monoisotopic (exact) mass is 238 g/mol. The maximum Gasteiger partial charge on any atom is 0.159 e. The lowest BCUT2D eigenvalue weighted by molar-refractivity contribution is 0.0992. The zero-order chi connectivity index (χ0) is 12.3. The van der Waals surface area contributed by atoms with Crippen LogP contribution in [0.1, 0.15) is 18.1 Å². The van der Waals surface area contributed by atoms with E-state index in [1.165, 1.54) is 6.07 Å². The summed E-state index contributed by atoms with van der Waals surface area (Å²) in [5.74, 6) is -1.75. The third-order valence-corrected chi connectivity index (χ3v) is 2.81. The third-order valence-electron chi connectivity index (χ3n) is 2.81. The highest BCUT2D eigenvalue weighted by atomic mass is 19.2. The van der Waals surface area contributed by atoms with Crippen molar-refractivity contribution in [1.29, 1.82) is 5.26 Å². The van der Waals surface area contributed by atoms with Crippen molar-refractivity contribution < 1.29 is 13.5 Å². The van der Waals surface area contributed by atoms with Crippen LogP contribution in [0, 0.1) is 23.0 Å². The molecule has 1 saturated heterocycles. The second-order valence-corrected chi connectivity index (χ2v) is 3.90. The van der Waals surface area contributed by atoms with Gasteiger partial charge in [0.25, 0.3) is 0 Å². The van der Waals surface area contributed by atoms with Crippen molar-refractivity contribution >= 4 is 0 Å². The number of halogens is 2. The van der Waals surface area contributed by atoms with Crippen molar-refractivity contribution in [3.8, 4) is 6.07 Å². The number of hydrogen-bond acceptors (Lipinski definition) is 3. The molecule has 1 aromatic rings. The van der Waals surface area contributed by atoms with Gasteiger partial charge >= 0.3 is 0 Å². The molecule has 17 heavy (non-hydrogen) atoms. The van der Waals surface area contributed by atoms with E-state index in [-0.39, 0.29) is 18.7 Å². The molecular formula is C12H12F2N2O. The first-order valence-electron chi connectivity index (χ1n) is 5.39. The van der Waals surface area contributed by atoms with Gasteiger partial charge in [-0.05, 0) is 24.1 Å². The number of benzene rings is 1. The van der Waals surface area contributed by atoms with Gasteiger partial charge in [-0.15, -0.1) is 0 Å². The van der Waals surface area contributed by atoms with Crippen molar-refractivity contribution in [2.24, 2.45) is 0 Å². The molecule has 0 saturated carbocycles. The molecule has 0 radical (unpaired) electrons. The predicted octanol–water partition coefficient (Wildman–Crippen LogP) is 1.91. The average molecular weight is 238 g/mol. The highest BCUT2D eigenvalue weighted by molar-refractivity contribution is 5.22. The molecule has 2 atom stereocenters. The summed E-state index contributed by atoms with van der Waals surface area (Å²) in [5, 5.41) is 11.5. The summed E-state index contributed by atoms with van der Waals surface area (Å²) in [6.45, 7) is 0.765. The van der Waals surface area contributed by atoms with Crippen molar-refractivity contribution in [3.63, 3.8) is 0 Å². The fourth-order valence-electron chi connectivity index (χ4n) is 1.99. The number of rotatable bonds is 3. The predicted molar refractivity (Wildman–Crippen MR) is 57.1 cm³/mol. The average Bonchev–Trinajstić information content (AvgIpc) is 2.78. The minimum absolute atomic E-state index is 0.0282. The smallest absolute Gasteiger partial charge is 0.159 e. The van der Waals surface area contributed by atoms with Gasteiger partial charge in [0.1, 0.15) is 0 Å². The summed E-state index contributed by atoms with van der Waals surface area (Å²) in [7, 11) is 0. The van der Waals surface area contributed by atoms with Gasteiger partial charge in [0.05, 0.1) is 18.7 Å². The second kappa shape index (κ2) is 5.21. The van der Waals surface area contributed by atoms with E-state index in [0.29, 0.717) is 12.2 Å². The van der Waals surface area contributed by atoms with Crippen LogP contribution in [0.3, 0.4) is 0 Å². The second-order valence-electron chi connectivity index (χ2n) is 3.90. The van der Waals surface area contributed by atoms with E-state index < -0.39 is 11.6 Å². The van der Waals surface area contributed by atoms with E-state index >= 15 is 0 Å². The van der Waals surface area contributed by atoms with E-state index in [9.17, 15) is 8.78 Å². The molecule has 1 fully saturated rings. The van der Waals surface area contributed by atoms with Gasteiger partial charge in [0.2, 0.25) is 0 Å². The zero-order valence-corrected chi connectivity index (χ0v) is 9.12. The summed E-state index contributed by atoms with van der Waals surface area (Å²) in [6, 6.07) is 5.70. The number of nitrogens with one attached hydrogen (secondary N) is 1. The summed E-state index contributed by atoms with van der Waals surface area (Å²) in [5.41, 5.74) is 0.594.